The molecule has 0 bridgehead atoms. The Morgan fingerprint density at radius 1 is 1.20 bits per heavy atom. The molecule has 0 aliphatic carbocycles. The van der Waals surface area contributed by atoms with Gasteiger partial charge in [-0.1, -0.05) is 23.7 Å². The molecule has 0 spiro atoms. The molecule has 0 N–H and O–H groups in total. The van der Waals surface area contributed by atoms with Gasteiger partial charge < -0.3 is 0 Å². The fraction of sp³-hybridized carbons (Fsp3) is 0.200. The van der Waals surface area contributed by atoms with Crippen molar-refractivity contribution in [2.75, 3.05) is 14.1 Å². The van der Waals surface area contributed by atoms with Crippen molar-refractivity contribution >= 4 is 27.7 Å². The van der Waals surface area contributed by atoms with Crippen molar-refractivity contribution in [3.8, 4) is 0 Å². The summed E-state index contributed by atoms with van der Waals surface area (Å²) >= 11 is 5.70. The van der Waals surface area contributed by atoms with Crippen molar-refractivity contribution in [3.63, 3.8) is 0 Å². The number of benzene rings is 1. The molecular weight excluding hydrogens is 234 g/mol. The normalized spacial score (nSPS) is 12.5. The second-order valence-electron chi connectivity index (χ2n) is 3.18. The topological polar surface area (TPSA) is 37.4 Å². The van der Waals surface area contributed by atoms with E-state index in [9.17, 15) is 8.42 Å². The van der Waals surface area contributed by atoms with Crippen LogP contribution in [0.5, 0.6) is 0 Å². The van der Waals surface area contributed by atoms with Gasteiger partial charge in [-0.15, -0.1) is 0 Å². The highest BCUT2D eigenvalue weighted by atomic mass is 35.5. The third-order valence-corrected chi connectivity index (χ3v) is 3.56. The van der Waals surface area contributed by atoms with Gasteiger partial charge in [-0.3, -0.25) is 0 Å². The Bertz CT molecular complexity index is 449. The second-order valence-corrected chi connectivity index (χ2v) is 5.65. The summed E-state index contributed by atoms with van der Waals surface area (Å²) < 4.78 is 23.9. The zero-order valence-corrected chi connectivity index (χ0v) is 10.1. The van der Waals surface area contributed by atoms with E-state index in [0.29, 0.717) is 5.02 Å². The first-order valence-electron chi connectivity index (χ1n) is 4.28. The summed E-state index contributed by atoms with van der Waals surface area (Å²) in [5.41, 5.74) is 0.796. The molecule has 0 atom stereocenters. The van der Waals surface area contributed by atoms with Crippen molar-refractivity contribution in [3.05, 3.63) is 40.3 Å². The van der Waals surface area contributed by atoms with Crippen LogP contribution in [0.1, 0.15) is 5.56 Å². The third kappa shape index (κ3) is 3.66. The van der Waals surface area contributed by atoms with Gasteiger partial charge in [0.25, 0.3) is 0 Å². The number of sulfonamides is 1. The maximum absolute atomic E-state index is 11.4. The fourth-order valence-electron chi connectivity index (χ4n) is 0.860. The first kappa shape index (κ1) is 12.2. The maximum Gasteiger partial charge on any atom is 0.235 e. The second kappa shape index (κ2) is 4.79. The van der Waals surface area contributed by atoms with Crippen LogP contribution in [-0.2, 0) is 10.0 Å². The maximum atomic E-state index is 11.4. The molecule has 0 heterocycles. The van der Waals surface area contributed by atoms with Gasteiger partial charge in [-0.05, 0) is 23.8 Å². The summed E-state index contributed by atoms with van der Waals surface area (Å²) in [6.45, 7) is 0. The summed E-state index contributed by atoms with van der Waals surface area (Å²) in [4.78, 5) is 0. The van der Waals surface area contributed by atoms with Gasteiger partial charge in [0.05, 0.1) is 0 Å². The van der Waals surface area contributed by atoms with Gasteiger partial charge in [0, 0.05) is 24.5 Å². The SMILES string of the molecule is CN(C)S(=O)(=O)/C=C/c1ccc(Cl)cc1. The lowest BCUT2D eigenvalue weighted by Crippen LogP contribution is -2.19. The van der Waals surface area contributed by atoms with Crippen molar-refractivity contribution in [1.82, 2.24) is 4.31 Å². The molecule has 1 aromatic carbocycles. The zero-order chi connectivity index (χ0) is 11.5. The lowest BCUT2D eigenvalue weighted by Gasteiger charge is -2.05. The van der Waals surface area contributed by atoms with Crippen LogP contribution in [0.3, 0.4) is 0 Å². The first-order valence-corrected chi connectivity index (χ1v) is 6.16. The number of hydrogen-bond donors (Lipinski definition) is 0. The highest BCUT2D eigenvalue weighted by Gasteiger charge is 2.07. The molecule has 0 saturated carbocycles. The van der Waals surface area contributed by atoms with Gasteiger partial charge in [0.2, 0.25) is 10.0 Å². The van der Waals surface area contributed by atoms with Crippen LogP contribution in [-0.4, -0.2) is 26.8 Å². The summed E-state index contributed by atoms with van der Waals surface area (Å²) in [5, 5.41) is 1.79. The molecule has 1 aromatic rings. The van der Waals surface area contributed by atoms with Crippen LogP contribution in [0.25, 0.3) is 6.08 Å². The van der Waals surface area contributed by atoms with E-state index in [-0.39, 0.29) is 0 Å². The van der Waals surface area contributed by atoms with Crippen LogP contribution < -0.4 is 0 Å². The number of hydrogen-bond acceptors (Lipinski definition) is 2. The van der Waals surface area contributed by atoms with Crippen LogP contribution in [0.2, 0.25) is 5.02 Å². The summed E-state index contributed by atoms with van der Waals surface area (Å²) in [7, 11) is -0.311. The Morgan fingerprint density at radius 3 is 2.20 bits per heavy atom. The average Bonchev–Trinajstić information content (AvgIpc) is 2.17. The van der Waals surface area contributed by atoms with E-state index >= 15 is 0 Å². The summed E-state index contributed by atoms with van der Waals surface area (Å²) in [6.07, 6.45) is 1.53. The smallest absolute Gasteiger partial charge is 0.208 e. The molecule has 3 nitrogen and oxygen atoms in total. The van der Waals surface area contributed by atoms with Crippen molar-refractivity contribution < 1.29 is 8.42 Å². The molecule has 0 aliphatic rings. The van der Waals surface area contributed by atoms with Gasteiger partial charge in [0.1, 0.15) is 0 Å². The van der Waals surface area contributed by atoms with Crippen molar-refractivity contribution in [2.45, 2.75) is 0 Å². The highest BCUT2D eigenvalue weighted by Crippen LogP contribution is 2.11. The van der Waals surface area contributed by atoms with Crippen molar-refractivity contribution in [1.29, 1.82) is 0 Å². The van der Waals surface area contributed by atoms with Crippen LogP contribution >= 0.6 is 11.6 Å². The van der Waals surface area contributed by atoms with Gasteiger partial charge in [-0.25, -0.2) is 12.7 Å². The number of rotatable bonds is 3. The Morgan fingerprint density at radius 2 is 1.73 bits per heavy atom. The van der Waals surface area contributed by atoms with Crippen LogP contribution in [0.4, 0.5) is 0 Å². The molecule has 15 heavy (non-hydrogen) atoms. The average molecular weight is 246 g/mol. The largest absolute Gasteiger partial charge is 0.235 e. The Balaban J connectivity index is 2.87. The monoisotopic (exact) mass is 245 g/mol. The van der Waals surface area contributed by atoms with Crippen LogP contribution in [0.15, 0.2) is 29.7 Å². The Labute approximate surface area is 95.0 Å². The minimum Gasteiger partial charge on any atom is -0.208 e. The number of nitrogens with zero attached hydrogens (tertiary/aromatic N) is 1. The molecule has 0 radical (unpaired) electrons. The molecular formula is C10H12ClNO2S. The zero-order valence-electron chi connectivity index (χ0n) is 8.51. The molecule has 0 aromatic heterocycles. The minimum absolute atomic E-state index is 0.627. The summed E-state index contributed by atoms with van der Waals surface area (Å²) in [5.74, 6) is 0. The van der Waals surface area contributed by atoms with E-state index in [4.69, 9.17) is 11.6 Å². The first-order chi connectivity index (χ1) is 6.92. The Hall–Kier alpha value is -0.840. The molecule has 82 valence electrons. The molecule has 0 fully saturated rings. The van der Waals surface area contributed by atoms with Crippen LogP contribution in [0, 0.1) is 0 Å². The fourth-order valence-corrected chi connectivity index (χ4v) is 1.56. The lowest BCUT2D eigenvalue weighted by molar-refractivity contribution is 0.531. The molecule has 1 rings (SSSR count). The molecule has 0 saturated heterocycles. The predicted octanol–water partition coefficient (Wildman–Crippen LogP) is 2.20. The highest BCUT2D eigenvalue weighted by molar-refractivity contribution is 7.92. The van der Waals surface area contributed by atoms with Gasteiger partial charge in [-0.2, -0.15) is 0 Å². The van der Waals surface area contributed by atoms with E-state index in [1.165, 1.54) is 20.2 Å². The predicted molar refractivity (Wildman–Crippen MR) is 63.1 cm³/mol. The van der Waals surface area contributed by atoms with Gasteiger partial charge in [0.15, 0.2) is 0 Å². The number of halogens is 1. The van der Waals surface area contributed by atoms with Gasteiger partial charge >= 0.3 is 0 Å². The molecule has 5 heteroatoms. The summed E-state index contributed by atoms with van der Waals surface area (Å²) in [6, 6.07) is 6.93. The lowest BCUT2D eigenvalue weighted by atomic mass is 10.2. The third-order valence-electron chi connectivity index (χ3n) is 1.81. The molecule has 0 amide bonds. The van der Waals surface area contributed by atoms with E-state index in [1.807, 2.05) is 0 Å². The quantitative estimate of drug-likeness (QED) is 0.819. The van der Waals surface area contributed by atoms with Crippen molar-refractivity contribution in [2.24, 2.45) is 0 Å². The molecule has 0 aliphatic heterocycles. The standard InChI is InChI=1S/C10H12ClNO2S/c1-12(2)15(13,14)8-7-9-3-5-10(11)6-4-9/h3-8H,1-2H3/b8-7+. The van der Waals surface area contributed by atoms with E-state index < -0.39 is 10.0 Å². The Kier molecular flexibility index (Phi) is 3.90. The van der Waals surface area contributed by atoms with E-state index in [1.54, 1.807) is 24.3 Å². The minimum atomic E-state index is -3.29. The van der Waals surface area contributed by atoms with E-state index in [0.717, 1.165) is 15.3 Å². The van der Waals surface area contributed by atoms with E-state index in [2.05, 4.69) is 0 Å². The molecule has 0 unspecified atom stereocenters.